The van der Waals surface area contributed by atoms with Gasteiger partial charge in [-0.3, -0.25) is 4.79 Å². The highest BCUT2D eigenvalue weighted by Gasteiger charge is 2.12. The van der Waals surface area contributed by atoms with Crippen LogP contribution in [0.2, 0.25) is 0 Å². The van der Waals surface area contributed by atoms with Crippen molar-refractivity contribution in [1.82, 2.24) is 5.32 Å². The molecule has 0 heterocycles. The summed E-state index contributed by atoms with van der Waals surface area (Å²) >= 11 is 0. The van der Waals surface area contributed by atoms with E-state index in [1.54, 1.807) is 6.07 Å². The molecule has 0 radical (unpaired) electrons. The summed E-state index contributed by atoms with van der Waals surface area (Å²) in [5.74, 6) is 0.495. The molecule has 0 spiro atoms. The van der Waals surface area contributed by atoms with Crippen molar-refractivity contribution in [2.75, 3.05) is 30.3 Å². The topological polar surface area (TPSA) is 58.4 Å². The predicted octanol–water partition coefficient (Wildman–Crippen LogP) is 2.50. The molecule has 1 amide bonds. The zero-order valence-electron chi connectivity index (χ0n) is 12.4. The van der Waals surface area contributed by atoms with E-state index in [0.717, 1.165) is 18.8 Å². The van der Waals surface area contributed by atoms with Gasteiger partial charge in [-0.05, 0) is 38.0 Å². The Labute approximate surface area is 116 Å². The van der Waals surface area contributed by atoms with Crippen molar-refractivity contribution in [2.45, 2.75) is 27.7 Å². The molecule has 0 bridgehead atoms. The lowest BCUT2D eigenvalue weighted by atomic mass is 10.1. The molecule has 0 aliphatic carbocycles. The molecular weight excluding hydrogens is 238 g/mol. The van der Waals surface area contributed by atoms with Crippen molar-refractivity contribution in [2.24, 2.45) is 5.92 Å². The second-order valence-corrected chi connectivity index (χ2v) is 5.07. The third-order valence-electron chi connectivity index (χ3n) is 2.93. The van der Waals surface area contributed by atoms with E-state index in [0.29, 0.717) is 23.7 Å². The fourth-order valence-electron chi connectivity index (χ4n) is 2.08. The third-order valence-corrected chi connectivity index (χ3v) is 2.93. The van der Waals surface area contributed by atoms with Crippen LogP contribution >= 0.6 is 0 Å². The minimum Gasteiger partial charge on any atom is -0.397 e. The Morgan fingerprint density at radius 2 is 2.05 bits per heavy atom. The van der Waals surface area contributed by atoms with Crippen LogP contribution in [0.15, 0.2) is 18.2 Å². The molecule has 0 unspecified atom stereocenters. The van der Waals surface area contributed by atoms with E-state index in [1.807, 2.05) is 19.1 Å². The molecule has 0 aliphatic heterocycles. The van der Waals surface area contributed by atoms with Gasteiger partial charge in [0.25, 0.3) is 5.91 Å². The van der Waals surface area contributed by atoms with Crippen molar-refractivity contribution in [3.63, 3.8) is 0 Å². The summed E-state index contributed by atoms with van der Waals surface area (Å²) in [6, 6.07) is 5.52. The maximum Gasteiger partial charge on any atom is 0.251 e. The van der Waals surface area contributed by atoms with Gasteiger partial charge in [0.2, 0.25) is 0 Å². The Bertz CT molecular complexity index is 429. The second-order valence-electron chi connectivity index (χ2n) is 5.07. The Morgan fingerprint density at radius 3 is 2.53 bits per heavy atom. The number of nitrogen functional groups attached to an aromatic ring is 1. The van der Waals surface area contributed by atoms with Crippen molar-refractivity contribution in [1.29, 1.82) is 0 Å². The molecule has 0 aromatic heterocycles. The van der Waals surface area contributed by atoms with Gasteiger partial charge in [0.1, 0.15) is 0 Å². The van der Waals surface area contributed by atoms with Crippen LogP contribution in [0.3, 0.4) is 0 Å². The summed E-state index contributed by atoms with van der Waals surface area (Å²) < 4.78 is 0. The number of hydrogen-bond donors (Lipinski definition) is 2. The average Bonchev–Trinajstić information content (AvgIpc) is 2.36. The first-order chi connectivity index (χ1) is 8.99. The number of amides is 1. The maximum atomic E-state index is 11.7. The Hall–Kier alpha value is -1.71. The zero-order valence-corrected chi connectivity index (χ0v) is 12.4. The number of benzene rings is 1. The van der Waals surface area contributed by atoms with Crippen LogP contribution in [-0.4, -0.2) is 25.5 Å². The number of nitrogens with one attached hydrogen (secondary N) is 1. The number of nitrogens with two attached hydrogens (primary N) is 1. The summed E-state index contributed by atoms with van der Waals surface area (Å²) in [5, 5.41) is 2.78. The molecule has 1 rings (SSSR count). The second kappa shape index (κ2) is 7.02. The fourth-order valence-corrected chi connectivity index (χ4v) is 2.08. The van der Waals surface area contributed by atoms with Crippen LogP contribution in [0.1, 0.15) is 38.1 Å². The molecule has 0 saturated heterocycles. The standard InChI is InChI=1S/C15H25N3O/c1-5-17-15(19)12-7-8-14(13(16)9-12)18(6-2)10-11(3)4/h7-9,11H,5-6,10,16H2,1-4H3,(H,17,19). The lowest BCUT2D eigenvalue weighted by Gasteiger charge is -2.26. The summed E-state index contributed by atoms with van der Waals surface area (Å²) in [5.41, 5.74) is 8.36. The lowest BCUT2D eigenvalue weighted by molar-refractivity contribution is 0.0956. The van der Waals surface area contributed by atoms with Crippen molar-refractivity contribution >= 4 is 17.3 Å². The van der Waals surface area contributed by atoms with E-state index in [2.05, 4.69) is 31.0 Å². The van der Waals surface area contributed by atoms with Gasteiger partial charge < -0.3 is 16.0 Å². The number of rotatable bonds is 6. The fraction of sp³-hybridized carbons (Fsp3) is 0.533. The van der Waals surface area contributed by atoms with E-state index in [9.17, 15) is 4.79 Å². The molecule has 0 aliphatic rings. The monoisotopic (exact) mass is 263 g/mol. The molecule has 0 atom stereocenters. The molecule has 0 fully saturated rings. The van der Waals surface area contributed by atoms with Crippen LogP contribution < -0.4 is 16.0 Å². The summed E-state index contributed by atoms with van der Waals surface area (Å²) in [4.78, 5) is 14.0. The number of anilines is 2. The number of nitrogens with zero attached hydrogens (tertiary/aromatic N) is 1. The Morgan fingerprint density at radius 1 is 1.37 bits per heavy atom. The predicted molar refractivity (Wildman–Crippen MR) is 81.6 cm³/mol. The van der Waals surface area contributed by atoms with Gasteiger partial charge in [0.15, 0.2) is 0 Å². The lowest BCUT2D eigenvalue weighted by Crippen LogP contribution is -2.28. The van der Waals surface area contributed by atoms with Gasteiger partial charge in [0.05, 0.1) is 11.4 Å². The molecule has 4 heteroatoms. The van der Waals surface area contributed by atoms with Crippen LogP contribution in [0.5, 0.6) is 0 Å². The van der Waals surface area contributed by atoms with Gasteiger partial charge >= 0.3 is 0 Å². The van der Waals surface area contributed by atoms with Crippen LogP contribution in [0.4, 0.5) is 11.4 Å². The molecule has 19 heavy (non-hydrogen) atoms. The summed E-state index contributed by atoms with van der Waals surface area (Å²) in [6.07, 6.45) is 0. The van der Waals surface area contributed by atoms with Crippen molar-refractivity contribution in [3.8, 4) is 0 Å². The highest BCUT2D eigenvalue weighted by Crippen LogP contribution is 2.25. The summed E-state index contributed by atoms with van der Waals surface area (Å²) in [6.45, 7) is 10.9. The van der Waals surface area contributed by atoms with Crippen molar-refractivity contribution in [3.05, 3.63) is 23.8 Å². The van der Waals surface area contributed by atoms with Crippen LogP contribution in [-0.2, 0) is 0 Å². The summed E-state index contributed by atoms with van der Waals surface area (Å²) in [7, 11) is 0. The maximum absolute atomic E-state index is 11.7. The quantitative estimate of drug-likeness (QED) is 0.775. The molecule has 4 nitrogen and oxygen atoms in total. The van der Waals surface area contributed by atoms with Crippen LogP contribution in [0, 0.1) is 5.92 Å². The van der Waals surface area contributed by atoms with Crippen LogP contribution in [0.25, 0.3) is 0 Å². The van der Waals surface area contributed by atoms with E-state index >= 15 is 0 Å². The molecule has 1 aromatic carbocycles. The molecule has 1 aromatic rings. The van der Waals surface area contributed by atoms with Gasteiger partial charge in [0, 0.05) is 25.2 Å². The average molecular weight is 263 g/mol. The largest absolute Gasteiger partial charge is 0.397 e. The normalized spacial score (nSPS) is 10.6. The van der Waals surface area contributed by atoms with E-state index < -0.39 is 0 Å². The minimum absolute atomic E-state index is 0.0762. The number of hydrogen-bond acceptors (Lipinski definition) is 3. The first-order valence-electron chi connectivity index (χ1n) is 6.92. The number of carbonyl (C=O) groups is 1. The van der Waals surface area contributed by atoms with Crippen molar-refractivity contribution < 1.29 is 4.79 Å². The van der Waals surface area contributed by atoms with E-state index in [-0.39, 0.29) is 5.91 Å². The van der Waals surface area contributed by atoms with Gasteiger partial charge in [-0.2, -0.15) is 0 Å². The highest BCUT2D eigenvalue weighted by atomic mass is 16.1. The molecule has 106 valence electrons. The van der Waals surface area contributed by atoms with E-state index in [4.69, 9.17) is 5.73 Å². The SMILES string of the molecule is CCNC(=O)c1ccc(N(CC)CC(C)C)c(N)c1. The molecule has 3 N–H and O–H groups in total. The number of carbonyl (C=O) groups excluding carboxylic acids is 1. The third kappa shape index (κ3) is 4.16. The molecule has 0 saturated carbocycles. The first-order valence-corrected chi connectivity index (χ1v) is 6.92. The smallest absolute Gasteiger partial charge is 0.251 e. The Balaban J connectivity index is 2.95. The Kier molecular flexibility index (Phi) is 5.67. The minimum atomic E-state index is -0.0762. The first kappa shape index (κ1) is 15.3. The van der Waals surface area contributed by atoms with Gasteiger partial charge in [-0.15, -0.1) is 0 Å². The van der Waals surface area contributed by atoms with Gasteiger partial charge in [-0.1, -0.05) is 13.8 Å². The van der Waals surface area contributed by atoms with Gasteiger partial charge in [-0.25, -0.2) is 0 Å². The van der Waals surface area contributed by atoms with E-state index in [1.165, 1.54) is 0 Å². The highest BCUT2D eigenvalue weighted by molar-refractivity contribution is 5.96. The molecular formula is C15H25N3O. The zero-order chi connectivity index (χ0) is 14.4.